The van der Waals surface area contributed by atoms with E-state index in [9.17, 15) is 0 Å². The predicted octanol–water partition coefficient (Wildman–Crippen LogP) is 2.70. The highest BCUT2D eigenvalue weighted by molar-refractivity contribution is 7.99. The smallest absolute Gasteiger partial charge is 0.192 e. The predicted molar refractivity (Wildman–Crippen MR) is 70.0 cm³/mol. The summed E-state index contributed by atoms with van der Waals surface area (Å²) in [6, 6.07) is 6.36. The van der Waals surface area contributed by atoms with Crippen LogP contribution < -0.4 is 5.73 Å². The molecular formula is C13H15N3S. The van der Waals surface area contributed by atoms with Crippen LogP contribution in [0, 0.1) is 13.8 Å². The van der Waals surface area contributed by atoms with Gasteiger partial charge in [-0.05, 0) is 48.9 Å². The van der Waals surface area contributed by atoms with Crippen LogP contribution in [0.25, 0.3) is 0 Å². The van der Waals surface area contributed by atoms with Crippen LogP contribution in [-0.4, -0.2) is 9.97 Å². The molecule has 0 bridgehead atoms. The van der Waals surface area contributed by atoms with Crippen molar-refractivity contribution in [1.82, 2.24) is 9.97 Å². The van der Waals surface area contributed by atoms with Crippen LogP contribution in [0.3, 0.4) is 0 Å². The van der Waals surface area contributed by atoms with Crippen LogP contribution in [0.15, 0.2) is 40.6 Å². The van der Waals surface area contributed by atoms with E-state index < -0.39 is 0 Å². The Morgan fingerprint density at radius 3 is 2.41 bits per heavy atom. The molecule has 0 unspecified atom stereocenters. The van der Waals surface area contributed by atoms with Gasteiger partial charge in [0.1, 0.15) is 0 Å². The summed E-state index contributed by atoms with van der Waals surface area (Å²) in [4.78, 5) is 9.70. The minimum atomic E-state index is 0.481. The van der Waals surface area contributed by atoms with Crippen molar-refractivity contribution < 1.29 is 0 Å². The lowest BCUT2D eigenvalue weighted by Gasteiger charge is -2.04. The summed E-state index contributed by atoms with van der Waals surface area (Å²) in [7, 11) is 0. The molecule has 0 saturated heterocycles. The minimum absolute atomic E-state index is 0.481. The molecule has 0 aliphatic heterocycles. The molecule has 0 spiro atoms. The van der Waals surface area contributed by atoms with Gasteiger partial charge in [0.05, 0.1) is 0 Å². The van der Waals surface area contributed by atoms with Gasteiger partial charge in [0.2, 0.25) is 0 Å². The maximum Gasteiger partial charge on any atom is 0.192 e. The largest absolute Gasteiger partial charge is 0.326 e. The monoisotopic (exact) mass is 245 g/mol. The lowest BCUT2D eigenvalue weighted by molar-refractivity contribution is 0.914. The van der Waals surface area contributed by atoms with Crippen molar-refractivity contribution in [1.29, 1.82) is 0 Å². The fraction of sp³-hybridized carbons (Fsp3) is 0.231. The van der Waals surface area contributed by atoms with E-state index in [1.54, 1.807) is 24.2 Å². The number of nitrogens with zero attached hydrogens (tertiary/aromatic N) is 2. The number of hydrogen-bond donors (Lipinski definition) is 1. The standard InChI is InChI=1S/C13H15N3S/c1-9-3-4-12(5-10(9)2)17-13-15-7-11(6-14)8-16-13/h3-5,7-8H,6,14H2,1-2H3. The molecular weight excluding hydrogens is 230 g/mol. The normalized spacial score (nSPS) is 10.5. The first-order chi connectivity index (χ1) is 8.19. The fourth-order valence-electron chi connectivity index (χ4n) is 1.38. The zero-order valence-corrected chi connectivity index (χ0v) is 10.8. The van der Waals surface area contributed by atoms with Gasteiger partial charge in [-0.2, -0.15) is 0 Å². The summed E-state index contributed by atoms with van der Waals surface area (Å²) in [6.07, 6.45) is 3.55. The molecule has 1 aromatic heterocycles. The molecule has 0 saturated carbocycles. The summed E-state index contributed by atoms with van der Waals surface area (Å²) in [5.74, 6) is 0. The fourth-order valence-corrected chi connectivity index (χ4v) is 2.18. The second kappa shape index (κ2) is 5.29. The van der Waals surface area contributed by atoms with E-state index >= 15 is 0 Å². The number of aryl methyl sites for hydroxylation is 2. The van der Waals surface area contributed by atoms with Crippen molar-refractivity contribution in [2.45, 2.75) is 30.4 Å². The Morgan fingerprint density at radius 1 is 1.12 bits per heavy atom. The molecule has 2 N–H and O–H groups in total. The Hall–Kier alpha value is -1.39. The first kappa shape index (κ1) is 12.1. The molecule has 2 rings (SSSR count). The highest BCUT2D eigenvalue weighted by Gasteiger charge is 2.02. The number of benzene rings is 1. The molecule has 3 nitrogen and oxygen atoms in total. The zero-order chi connectivity index (χ0) is 12.3. The molecule has 0 radical (unpaired) electrons. The third-order valence-electron chi connectivity index (χ3n) is 2.60. The second-order valence-electron chi connectivity index (χ2n) is 3.93. The van der Waals surface area contributed by atoms with E-state index in [1.165, 1.54) is 11.1 Å². The lowest BCUT2D eigenvalue weighted by atomic mass is 10.1. The average Bonchev–Trinajstić information content (AvgIpc) is 2.35. The average molecular weight is 245 g/mol. The van der Waals surface area contributed by atoms with E-state index in [1.807, 2.05) is 0 Å². The van der Waals surface area contributed by atoms with Crippen molar-refractivity contribution >= 4 is 11.8 Å². The zero-order valence-electron chi connectivity index (χ0n) is 9.97. The second-order valence-corrected chi connectivity index (χ2v) is 4.97. The topological polar surface area (TPSA) is 51.8 Å². The molecule has 0 aliphatic rings. The van der Waals surface area contributed by atoms with Gasteiger partial charge in [0.25, 0.3) is 0 Å². The quantitative estimate of drug-likeness (QED) is 0.845. The highest BCUT2D eigenvalue weighted by Crippen LogP contribution is 2.25. The van der Waals surface area contributed by atoms with Crippen LogP contribution >= 0.6 is 11.8 Å². The Balaban J connectivity index is 2.16. The lowest BCUT2D eigenvalue weighted by Crippen LogP contribution is -1.98. The SMILES string of the molecule is Cc1ccc(Sc2ncc(CN)cn2)cc1C. The van der Waals surface area contributed by atoms with Gasteiger partial charge >= 0.3 is 0 Å². The highest BCUT2D eigenvalue weighted by atomic mass is 32.2. The Morgan fingerprint density at radius 2 is 1.82 bits per heavy atom. The summed E-state index contributed by atoms with van der Waals surface area (Å²) in [6.45, 7) is 4.70. The van der Waals surface area contributed by atoms with Gasteiger partial charge in [-0.25, -0.2) is 9.97 Å². The van der Waals surface area contributed by atoms with E-state index in [0.717, 1.165) is 15.6 Å². The molecule has 0 fully saturated rings. The Kier molecular flexibility index (Phi) is 3.76. The molecule has 2 aromatic rings. The van der Waals surface area contributed by atoms with Crippen molar-refractivity contribution in [2.75, 3.05) is 0 Å². The van der Waals surface area contributed by atoms with Crippen molar-refractivity contribution in [3.05, 3.63) is 47.3 Å². The van der Waals surface area contributed by atoms with E-state index in [-0.39, 0.29) is 0 Å². The molecule has 1 aromatic carbocycles. The van der Waals surface area contributed by atoms with Crippen molar-refractivity contribution in [3.63, 3.8) is 0 Å². The van der Waals surface area contributed by atoms with Crippen LogP contribution in [0.1, 0.15) is 16.7 Å². The third-order valence-corrected chi connectivity index (χ3v) is 3.49. The molecule has 0 atom stereocenters. The van der Waals surface area contributed by atoms with Gasteiger partial charge in [-0.15, -0.1) is 0 Å². The van der Waals surface area contributed by atoms with Gasteiger partial charge in [0, 0.05) is 29.4 Å². The minimum Gasteiger partial charge on any atom is -0.326 e. The van der Waals surface area contributed by atoms with Gasteiger partial charge in [0.15, 0.2) is 5.16 Å². The number of aromatic nitrogens is 2. The van der Waals surface area contributed by atoms with Crippen LogP contribution in [0.5, 0.6) is 0 Å². The van der Waals surface area contributed by atoms with Crippen LogP contribution in [0.2, 0.25) is 0 Å². The first-order valence-corrected chi connectivity index (χ1v) is 6.27. The van der Waals surface area contributed by atoms with Gasteiger partial charge in [-0.1, -0.05) is 6.07 Å². The summed E-state index contributed by atoms with van der Waals surface area (Å²) in [5.41, 5.74) is 9.04. The first-order valence-electron chi connectivity index (χ1n) is 5.45. The summed E-state index contributed by atoms with van der Waals surface area (Å²) in [5, 5.41) is 0.755. The molecule has 0 amide bonds. The summed E-state index contributed by atoms with van der Waals surface area (Å²) < 4.78 is 0. The molecule has 88 valence electrons. The molecule has 0 aliphatic carbocycles. The number of hydrogen-bond acceptors (Lipinski definition) is 4. The van der Waals surface area contributed by atoms with Gasteiger partial charge < -0.3 is 5.73 Å². The van der Waals surface area contributed by atoms with E-state index in [0.29, 0.717) is 6.54 Å². The Labute approximate surface area is 105 Å². The third kappa shape index (κ3) is 3.05. The van der Waals surface area contributed by atoms with Crippen molar-refractivity contribution in [2.24, 2.45) is 5.73 Å². The maximum absolute atomic E-state index is 5.50. The summed E-state index contributed by atoms with van der Waals surface area (Å²) >= 11 is 1.57. The van der Waals surface area contributed by atoms with E-state index in [4.69, 9.17) is 5.73 Å². The molecule has 1 heterocycles. The maximum atomic E-state index is 5.50. The molecule has 17 heavy (non-hydrogen) atoms. The molecule has 4 heteroatoms. The van der Waals surface area contributed by atoms with Crippen LogP contribution in [0.4, 0.5) is 0 Å². The van der Waals surface area contributed by atoms with Crippen molar-refractivity contribution in [3.8, 4) is 0 Å². The number of rotatable bonds is 3. The van der Waals surface area contributed by atoms with E-state index in [2.05, 4.69) is 42.0 Å². The number of nitrogens with two attached hydrogens (primary N) is 1. The van der Waals surface area contributed by atoms with Gasteiger partial charge in [-0.3, -0.25) is 0 Å². The van der Waals surface area contributed by atoms with Crippen LogP contribution in [-0.2, 0) is 6.54 Å². The Bertz CT molecular complexity index is 509.